The van der Waals surface area contributed by atoms with Crippen LogP contribution < -0.4 is 5.32 Å². The predicted molar refractivity (Wildman–Crippen MR) is 63.0 cm³/mol. The third-order valence-corrected chi connectivity index (χ3v) is 3.25. The van der Waals surface area contributed by atoms with Crippen molar-refractivity contribution in [1.82, 2.24) is 9.55 Å². The minimum absolute atomic E-state index is 0.480. The molecule has 2 rings (SSSR count). The summed E-state index contributed by atoms with van der Waals surface area (Å²) in [5.41, 5.74) is 0. The molecule has 0 radical (unpaired) electrons. The zero-order valence-electron chi connectivity index (χ0n) is 9.90. The smallest absolute Gasteiger partial charge is 0.203 e. The Morgan fingerprint density at radius 3 is 2.87 bits per heavy atom. The molecule has 1 aromatic rings. The van der Waals surface area contributed by atoms with Crippen molar-refractivity contribution in [3.05, 3.63) is 12.4 Å². The summed E-state index contributed by atoms with van der Waals surface area (Å²) in [5, 5.41) is 3.55. The van der Waals surface area contributed by atoms with Gasteiger partial charge in [-0.15, -0.1) is 0 Å². The Morgan fingerprint density at radius 1 is 1.47 bits per heavy atom. The van der Waals surface area contributed by atoms with Gasteiger partial charge in [0, 0.05) is 24.5 Å². The van der Waals surface area contributed by atoms with Crippen LogP contribution in [-0.2, 0) is 0 Å². The number of hydrogen-bond donors (Lipinski definition) is 1. The Kier molecular flexibility index (Phi) is 2.98. The monoisotopic (exact) mass is 207 g/mol. The second-order valence-corrected chi connectivity index (χ2v) is 5.01. The molecular formula is C12H21N3. The van der Waals surface area contributed by atoms with E-state index in [1.54, 1.807) is 0 Å². The summed E-state index contributed by atoms with van der Waals surface area (Å²) in [6, 6.07) is 1.11. The van der Waals surface area contributed by atoms with Crippen LogP contribution in [0.5, 0.6) is 0 Å². The summed E-state index contributed by atoms with van der Waals surface area (Å²) in [6.45, 7) is 6.70. The van der Waals surface area contributed by atoms with Crippen molar-refractivity contribution < 1.29 is 0 Å². The second-order valence-electron chi connectivity index (χ2n) is 5.01. The van der Waals surface area contributed by atoms with Crippen LogP contribution >= 0.6 is 0 Å². The zero-order valence-corrected chi connectivity index (χ0v) is 9.90. The van der Waals surface area contributed by atoms with Gasteiger partial charge in [0.05, 0.1) is 0 Å². The Labute approximate surface area is 91.9 Å². The van der Waals surface area contributed by atoms with E-state index in [0.29, 0.717) is 12.1 Å². The molecule has 15 heavy (non-hydrogen) atoms. The average Bonchev–Trinajstić information content (AvgIpc) is 2.75. The van der Waals surface area contributed by atoms with Crippen molar-refractivity contribution in [1.29, 1.82) is 0 Å². The van der Waals surface area contributed by atoms with Crippen molar-refractivity contribution in [2.75, 3.05) is 5.32 Å². The molecule has 1 saturated carbocycles. The van der Waals surface area contributed by atoms with E-state index in [0.717, 1.165) is 11.9 Å². The van der Waals surface area contributed by atoms with E-state index in [4.69, 9.17) is 0 Å². The number of aromatic nitrogens is 2. The first-order valence-corrected chi connectivity index (χ1v) is 5.96. The molecule has 1 aliphatic rings. The highest BCUT2D eigenvalue weighted by atomic mass is 15.2. The standard InChI is InChI=1S/C12H21N3/c1-9(2)15-7-6-13-12(15)14-11-5-4-10(3)8-11/h6-7,9-11H,4-5,8H2,1-3H3,(H,13,14). The van der Waals surface area contributed by atoms with Gasteiger partial charge in [-0.3, -0.25) is 0 Å². The molecular weight excluding hydrogens is 186 g/mol. The van der Waals surface area contributed by atoms with E-state index in [9.17, 15) is 0 Å². The van der Waals surface area contributed by atoms with Gasteiger partial charge in [-0.05, 0) is 39.0 Å². The van der Waals surface area contributed by atoms with Crippen LogP contribution in [0.2, 0.25) is 0 Å². The fraction of sp³-hybridized carbons (Fsp3) is 0.750. The van der Waals surface area contributed by atoms with Crippen molar-refractivity contribution in [3.8, 4) is 0 Å². The molecule has 2 atom stereocenters. The Hall–Kier alpha value is -0.990. The van der Waals surface area contributed by atoms with Crippen molar-refractivity contribution in [2.45, 2.75) is 52.1 Å². The normalized spacial score (nSPS) is 26.1. The first kappa shape index (κ1) is 10.5. The van der Waals surface area contributed by atoms with E-state index in [2.05, 4.69) is 35.6 Å². The Balaban J connectivity index is 2.01. The van der Waals surface area contributed by atoms with Crippen molar-refractivity contribution in [3.63, 3.8) is 0 Å². The highest BCUT2D eigenvalue weighted by Crippen LogP contribution is 2.27. The Bertz CT molecular complexity index is 316. The van der Waals surface area contributed by atoms with E-state index < -0.39 is 0 Å². The topological polar surface area (TPSA) is 29.9 Å². The molecule has 0 aromatic carbocycles. The van der Waals surface area contributed by atoms with Crippen molar-refractivity contribution in [2.24, 2.45) is 5.92 Å². The molecule has 84 valence electrons. The van der Waals surface area contributed by atoms with Gasteiger partial charge < -0.3 is 9.88 Å². The maximum Gasteiger partial charge on any atom is 0.203 e. The molecule has 0 amide bonds. The molecule has 1 aliphatic carbocycles. The molecule has 1 heterocycles. The summed E-state index contributed by atoms with van der Waals surface area (Å²) in [5.74, 6) is 1.90. The molecule has 3 nitrogen and oxygen atoms in total. The lowest BCUT2D eigenvalue weighted by Crippen LogP contribution is -2.19. The quantitative estimate of drug-likeness (QED) is 0.825. The van der Waals surface area contributed by atoms with Crippen LogP contribution in [0.15, 0.2) is 12.4 Å². The molecule has 3 heteroatoms. The van der Waals surface area contributed by atoms with E-state index in [-0.39, 0.29) is 0 Å². The summed E-state index contributed by atoms with van der Waals surface area (Å²) in [7, 11) is 0. The largest absolute Gasteiger partial charge is 0.353 e. The highest BCUT2D eigenvalue weighted by molar-refractivity contribution is 5.28. The van der Waals surface area contributed by atoms with E-state index in [1.807, 2.05) is 12.4 Å². The van der Waals surface area contributed by atoms with Crippen LogP contribution in [0.1, 0.15) is 46.1 Å². The van der Waals surface area contributed by atoms with Crippen molar-refractivity contribution >= 4 is 5.95 Å². The molecule has 0 spiro atoms. The fourth-order valence-corrected chi connectivity index (χ4v) is 2.36. The lowest BCUT2D eigenvalue weighted by Gasteiger charge is -2.17. The van der Waals surface area contributed by atoms with Gasteiger partial charge >= 0.3 is 0 Å². The minimum atomic E-state index is 0.480. The van der Waals surface area contributed by atoms with Gasteiger partial charge in [-0.1, -0.05) is 6.92 Å². The molecule has 1 aromatic heterocycles. The number of hydrogen-bond acceptors (Lipinski definition) is 2. The summed E-state index contributed by atoms with van der Waals surface area (Å²) in [6.07, 6.45) is 7.84. The predicted octanol–water partition coefficient (Wildman–Crippen LogP) is 3.06. The molecule has 0 bridgehead atoms. The maximum absolute atomic E-state index is 4.38. The van der Waals surface area contributed by atoms with Gasteiger partial charge in [0.15, 0.2) is 0 Å². The number of nitrogens with zero attached hydrogens (tertiary/aromatic N) is 2. The fourth-order valence-electron chi connectivity index (χ4n) is 2.36. The SMILES string of the molecule is CC1CCC(Nc2nccn2C(C)C)C1. The minimum Gasteiger partial charge on any atom is -0.353 e. The van der Waals surface area contributed by atoms with Crippen LogP contribution in [0.3, 0.4) is 0 Å². The first-order valence-electron chi connectivity index (χ1n) is 5.96. The second kappa shape index (κ2) is 4.25. The molecule has 1 N–H and O–H groups in total. The summed E-state index contributed by atoms with van der Waals surface area (Å²) < 4.78 is 2.20. The lowest BCUT2D eigenvalue weighted by atomic mass is 10.1. The van der Waals surface area contributed by atoms with Crippen LogP contribution in [0.4, 0.5) is 5.95 Å². The number of anilines is 1. The van der Waals surface area contributed by atoms with Gasteiger partial charge in [0.25, 0.3) is 0 Å². The molecule has 0 aliphatic heterocycles. The average molecular weight is 207 g/mol. The van der Waals surface area contributed by atoms with Gasteiger partial charge in [-0.25, -0.2) is 4.98 Å². The lowest BCUT2D eigenvalue weighted by molar-refractivity contribution is 0.584. The number of nitrogens with one attached hydrogen (secondary N) is 1. The van der Waals surface area contributed by atoms with E-state index >= 15 is 0 Å². The summed E-state index contributed by atoms with van der Waals surface area (Å²) >= 11 is 0. The number of rotatable bonds is 3. The molecule has 2 unspecified atom stereocenters. The maximum atomic E-state index is 4.38. The third kappa shape index (κ3) is 2.33. The first-order chi connectivity index (χ1) is 7.16. The molecule has 1 fully saturated rings. The van der Waals surface area contributed by atoms with Gasteiger partial charge in [-0.2, -0.15) is 0 Å². The zero-order chi connectivity index (χ0) is 10.8. The summed E-state index contributed by atoms with van der Waals surface area (Å²) in [4.78, 5) is 4.38. The Morgan fingerprint density at radius 2 is 2.27 bits per heavy atom. The van der Waals surface area contributed by atoms with Gasteiger partial charge in [0.2, 0.25) is 5.95 Å². The van der Waals surface area contributed by atoms with Crippen LogP contribution in [0.25, 0.3) is 0 Å². The number of imidazole rings is 1. The van der Waals surface area contributed by atoms with Crippen LogP contribution in [0, 0.1) is 5.92 Å². The van der Waals surface area contributed by atoms with Crippen LogP contribution in [-0.4, -0.2) is 15.6 Å². The van der Waals surface area contributed by atoms with Gasteiger partial charge in [0.1, 0.15) is 0 Å². The third-order valence-electron chi connectivity index (χ3n) is 3.25. The van der Waals surface area contributed by atoms with E-state index in [1.165, 1.54) is 19.3 Å². The highest BCUT2D eigenvalue weighted by Gasteiger charge is 2.22. The molecule has 0 saturated heterocycles.